The minimum absolute atomic E-state index is 0.106. The maximum absolute atomic E-state index is 13.6. The smallest absolute Gasteiger partial charge is 0.159 e. The van der Waals surface area contributed by atoms with Gasteiger partial charge in [0, 0.05) is 0 Å². The van der Waals surface area contributed by atoms with Crippen molar-refractivity contribution >= 4 is 0 Å². The van der Waals surface area contributed by atoms with E-state index >= 15 is 0 Å². The van der Waals surface area contributed by atoms with Crippen LogP contribution < -0.4 is 5.32 Å². The Bertz CT molecular complexity index is 186. The topological polar surface area (TPSA) is 30.5 Å². The molecule has 0 aromatic rings. The molecule has 2 heterocycles. The third kappa shape index (κ3) is 1.06. The highest BCUT2D eigenvalue weighted by Crippen LogP contribution is 2.36. The second-order valence-electron chi connectivity index (χ2n) is 3.70. The van der Waals surface area contributed by atoms with Gasteiger partial charge in [-0.1, -0.05) is 0 Å². The Morgan fingerprint density at radius 3 is 2.92 bits per heavy atom. The molecule has 0 aliphatic carbocycles. The van der Waals surface area contributed by atoms with Gasteiger partial charge in [0.05, 0.1) is 19.3 Å². The third-order valence-electron chi connectivity index (χ3n) is 2.67. The summed E-state index contributed by atoms with van der Waals surface area (Å²) in [5.41, 5.74) is -1.31. The fourth-order valence-corrected chi connectivity index (χ4v) is 1.92. The van der Waals surface area contributed by atoms with Crippen molar-refractivity contribution in [2.24, 2.45) is 0 Å². The summed E-state index contributed by atoms with van der Waals surface area (Å²) >= 11 is 0. The molecule has 2 aliphatic rings. The van der Waals surface area contributed by atoms with Crippen LogP contribution in [0.3, 0.4) is 0 Å². The molecule has 0 bridgehead atoms. The summed E-state index contributed by atoms with van der Waals surface area (Å²) in [6.07, 6.45) is -0.486. The lowest BCUT2D eigenvalue weighted by Crippen LogP contribution is -2.41. The van der Waals surface area contributed by atoms with Crippen LogP contribution in [0.25, 0.3) is 0 Å². The van der Waals surface area contributed by atoms with Gasteiger partial charge in [0.1, 0.15) is 12.2 Å². The Balaban J connectivity index is 2.11. The molecule has 0 saturated carbocycles. The zero-order valence-corrected chi connectivity index (χ0v) is 7.34. The minimum atomic E-state index is -1.31. The summed E-state index contributed by atoms with van der Waals surface area (Å²) < 4.78 is 24.3. The van der Waals surface area contributed by atoms with Gasteiger partial charge in [-0.05, 0) is 14.0 Å². The molecule has 0 radical (unpaired) electrons. The second kappa shape index (κ2) is 2.65. The van der Waals surface area contributed by atoms with Crippen molar-refractivity contribution in [1.29, 1.82) is 0 Å². The van der Waals surface area contributed by atoms with Gasteiger partial charge in [0.15, 0.2) is 5.67 Å². The molecule has 0 aromatic carbocycles. The van der Waals surface area contributed by atoms with E-state index in [1.807, 2.05) is 7.05 Å². The number of nitrogens with one attached hydrogen (secondary N) is 1. The highest BCUT2D eigenvalue weighted by molar-refractivity contribution is 5.03. The van der Waals surface area contributed by atoms with Gasteiger partial charge in [-0.2, -0.15) is 0 Å². The number of hydrogen-bond donors (Lipinski definition) is 1. The summed E-state index contributed by atoms with van der Waals surface area (Å²) in [6.45, 7) is 2.24. The van der Waals surface area contributed by atoms with E-state index in [9.17, 15) is 4.39 Å². The Hall–Kier alpha value is -0.190. The lowest BCUT2D eigenvalue weighted by atomic mass is 9.99. The Morgan fingerprint density at radius 1 is 1.50 bits per heavy atom. The molecule has 2 rings (SSSR count). The predicted molar refractivity (Wildman–Crippen MR) is 41.8 cm³/mol. The molecule has 0 aromatic heterocycles. The van der Waals surface area contributed by atoms with Crippen LogP contribution in [-0.4, -0.2) is 44.2 Å². The normalized spacial score (nSPS) is 52.8. The van der Waals surface area contributed by atoms with E-state index in [0.717, 1.165) is 0 Å². The Labute approximate surface area is 71.2 Å². The number of hydrogen-bond acceptors (Lipinski definition) is 3. The molecule has 4 atom stereocenters. The van der Waals surface area contributed by atoms with Crippen LogP contribution in [0, 0.1) is 0 Å². The van der Waals surface area contributed by atoms with Crippen LogP contribution >= 0.6 is 0 Å². The zero-order valence-electron chi connectivity index (χ0n) is 7.34. The van der Waals surface area contributed by atoms with Crippen LogP contribution in [0.1, 0.15) is 6.92 Å². The molecule has 4 heteroatoms. The highest BCUT2D eigenvalue weighted by atomic mass is 19.1. The van der Waals surface area contributed by atoms with Gasteiger partial charge in [-0.3, -0.25) is 0 Å². The molecule has 2 aliphatic heterocycles. The van der Waals surface area contributed by atoms with Gasteiger partial charge in [-0.25, -0.2) is 4.39 Å². The zero-order chi connectivity index (χ0) is 8.77. The van der Waals surface area contributed by atoms with E-state index in [-0.39, 0.29) is 24.9 Å². The van der Waals surface area contributed by atoms with E-state index < -0.39 is 5.67 Å². The average molecular weight is 175 g/mol. The summed E-state index contributed by atoms with van der Waals surface area (Å²) in [5, 5.41) is 3.06. The van der Waals surface area contributed by atoms with Crippen molar-refractivity contribution in [3.63, 3.8) is 0 Å². The first kappa shape index (κ1) is 8.41. The standard InChI is InChI=1S/C8H14FNO2/c1-8(9)4-12-6-5(10-2)3-11-7(6)8/h5-7,10H,3-4H2,1-2H3/t5-,6-,7+,8?/m1/s1. The van der Waals surface area contributed by atoms with Crippen LogP contribution in [0.4, 0.5) is 4.39 Å². The molecule has 2 saturated heterocycles. The second-order valence-corrected chi connectivity index (χ2v) is 3.70. The fourth-order valence-electron chi connectivity index (χ4n) is 1.92. The summed E-state index contributed by atoms with van der Waals surface area (Å²) in [5.74, 6) is 0. The van der Waals surface area contributed by atoms with Gasteiger partial charge in [0.2, 0.25) is 0 Å². The number of likely N-dealkylation sites (N-methyl/N-ethyl adjacent to an activating group) is 1. The number of ether oxygens (including phenoxy) is 2. The largest absolute Gasteiger partial charge is 0.370 e. The highest BCUT2D eigenvalue weighted by Gasteiger charge is 2.54. The van der Waals surface area contributed by atoms with Crippen LogP contribution in [0.5, 0.6) is 0 Å². The van der Waals surface area contributed by atoms with Crippen molar-refractivity contribution in [2.45, 2.75) is 30.8 Å². The van der Waals surface area contributed by atoms with Crippen molar-refractivity contribution in [2.75, 3.05) is 20.3 Å². The Kier molecular flexibility index (Phi) is 1.86. The number of alkyl halides is 1. The van der Waals surface area contributed by atoms with Crippen molar-refractivity contribution < 1.29 is 13.9 Å². The lowest BCUT2D eigenvalue weighted by Gasteiger charge is -2.18. The van der Waals surface area contributed by atoms with Crippen molar-refractivity contribution in [1.82, 2.24) is 5.32 Å². The molecule has 1 unspecified atom stereocenters. The van der Waals surface area contributed by atoms with Gasteiger partial charge >= 0.3 is 0 Å². The fraction of sp³-hybridized carbons (Fsp3) is 1.00. The van der Waals surface area contributed by atoms with Crippen LogP contribution in [0.15, 0.2) is 0 Å². The van der Waals surface area contributed by atoms with Crippen molar-refractivity contribution in [3.8, 4) is 0 Å². The minimum Gasteiger partial charge on any atom is -0.370 e. The molecule has 70 valence electrons. The predicted octanol–water partition coefficient (Wildman–Crippen LogP) is 0.100. The quantitative estimate of drug-likeness (QED) is 0.613. The van der Waals surface area contributed by atoms with Gasteiger partial charge in [0.25, 0.3) is 0 Å². The maximum Gasteiger partial charge on any atom is 0.159 e. The first-order valence-corrected chi connectivity index (χ1v) is 4.24. The molecular weight excluding hydrogens is 161 g/mol. The van der Waals surface area contributed by atoms with E-state index in [4.69, 9.17) is 9.47 Å². The molecule has 1 N–H and O–H groups in total. The summed E-state index contributed by atoms with van der Waals surface area (Å²) in [4.78, 5) is 0. The van der Waals surface area contributed by atoms with E-state index in [1.54, 1.807) is 0 Å². The van der Waals surface area contributed by atoms with Gasteiger partial charge in [-0.15, -0.1) is 0 Å². The molecule has 12 heavy (non-hydrogen) atoms. The van der Waals surface area contributed by atoms with Crippen LogP contribution in [-0.2, 0) is 9.47 Å². The number of fused-ring (bicyclic) bond motifs is 1. The molecule has 3 nitrogen and oxygen atoms in total. The average Bonchev–Trinajstić information content (AvgIpc) is 2.53. The van der Waals surface area contributed by atoms with Gasteiger partial charge < -0.3 is 14.8 Å². The van der Waals surface area contributed by atoms with E-state index in [1.165, 1.54) is 6.92 Å². The van der Waals surface area contributed by atoms with Crippen molar-refractivity contribution in [3.05, 3.63) is 0 Å². The first-order valence-electron chi connectivity index (χ1n) is 4.24. The number of halogens is 1. The summed E-state index contributed by atoms with van der Waals surface area (Å²) in [6, 6.07) is 0.146. The van der Waals surface area contributed by atoms with E-state index in [0.29, 0.717) is 6.61 Å². The van der Waals surface area contributed by atoms with E-state index in [2.05, 4.69) is 5.32 Å². The maximum atomic E-state index is 13.6. The van der Waals surface area contributed by atoms with Crippen LogP contribution in [0.2, 0.25) is 0 Å². The SMILES string of the molecule is CN[C@@H]1CO[C@H]2[C@@H]1OCC2(C)F. The molecule has 0 amide bonds. The Morgan fingerprint density at radius 2 is 2.25 bits per heavy atom. The number of rotatable bonds is 1. The molecule has 0 spiro atoms. The summed E-state index contributed by atoms with van der Waals surface area (Å²) in [7, 11) is 1.84. The third-order valence-corrected chi connectivity index (χ3v) is 2.67. The monoisotopic (exact) mass is 175 g/mol. The molecule has 2 fully saturated rings. The molecular formula is C8H14FNO2. The first-order chi connectivity index (χ1) is 5.65. The lowest BCUT2D eigenvalue weighted by molar-refractivity contribution is 0.00518.